The third-order valence-corrected chi connectivity index (χ3v) is 2.85. The second-order valence-corrected chi connectivity index (χ2v) is 7.45. The van der Waals surface area contributed by atoms with Crippen LogP contribution in [0.5, 0.6) is 0 Å². The van der Waals surface area contributed by atoms with Crippen LogP contribution in [0.1, 0.15) is 54.4 Å². The summed E-state index contributed by atoms with van der Waals surface area (Å²) >= 11 is 0. The van der Waals surface area contributed by atoms with E-state index in [2.05, 4.69) is 6.58 Å². The first-order valence-electron chi connectivity index (χ1n) is 7.28. The van der Waals surface area contributed by atoms with Crippen LogP contribution in [0.4, 0.5) is 4.79 Å². The predicted octanol–water partition coefficient (Wildman–Crippen LogP) is 3.28. The molecule has 120 valence electrons. The maximum absolute atomic E-state index is 12.3. The number of carbonyl (C=O) groups is 2. The Morgan fingerprint density at radius 2 is 1.62 bits per heavy atom. The van der Waals surface area contributed by atoms with E-state index in [1.54, 1.807) is 20.8 Å². The molecule has 0 bridgehead atoms. The van der Waals surface area contributed by atoms with Crippen molar-refractivity contribution in [1.82, 2.24) is 4.90 Å². The highest BCUT2D eigenvalue weighted by Crippen LogP contribution is 2.25. The maximum Gasteiger partial charge on any atom is 0.411 e. The zero-order valence-corrected chi connectivity index (χ0v) is 14.0. The van der Waals surface area contributed by atoms with Gasteiger partial charge >= 0.3 is 12.1 Å². The van der Waals surface area contributed by atoms with Crippen LogP contribution in [-0.4, -0.2) is 40.8 Å². The minimum absolute atomic E-state index is 0.332. The van der Waals surface area contributed by atoms with Crippen molar-refractivity contribution >= 4 is 12.1 Å². The van der Waals surface area contributed by atoms with E-state index in [-0.39, 0.29) is 5.97 Å². The lowest BCUT2D eigenvalue weighted by atomic mass is 9.99. The van der Waals surface area contributed by atoms with Crippen LogP contribution >= 0.6 is 0 Å². The zero-order chi connectivity index (χ0) is 16.4. The maximum atomic E-state index is 12.3. The fourth-order valence-electron chi connectivity index (χ4n) is 2.05. The first kappa shape index (κ1) is 17.5. The molecule has 21 heavy (non-hydrogen) atoms. The molecule has 1 heterocycles. The smallest absolute Gasteiger partial charge is 0.411 e. The van der Waals surface area contributed by atoms with Crippen molar-refractivity contribution in [2.75, 3.05) is 6.54 Å². The molecule has 5 heteroatoms. The van der Waals surface area contributed by atoms with Gasteiger partial charge in [-0.3, -0.25) is 4.90 Å². The van der Waals surface area contributed by atoms with E-state index in [1.165, 1.54) is 4.90 Å². The Balaban J connectivity index is 2.86. The molecule has 0 aromatic carbocycles. The number of carbonyl (C=O) groups excluding carboxylic acids is 2. The van der Waals surface area contributed by atoms with E-state index in [4.69, 9.17) is 9.47 Å². The molecule has 0 radical (unpaired) electrons. The van der Waals surface area contributed by atoms with Crippen molar-refractivity contribution < 1.29 is 19.1 Å². The molecule has 0 unspecified atom stereocenters. The van der Waals surface area contributed by atoms with E-state index in [9.17, 15) is 9.59 Å². The molecule has 1 fully saturated rings. The van der Waals surface area contributed by atoms with Crippen LogP contribution < -0.4 is 0 Å². The van der Waals surface area contributed by atoms with Gasteiger partial charge in [0.1, 0.15) is 17.2 Å². The van der Waals surface area contributed by atoms with Crippen LogP contribution in [0.2, 0.25) is 0 Å². The normalized spacial score (nSPS) is 20.2. The molecular weight excluding hydrogens is 270 g/mol. The molecule has 5 nitrogen and oxygen atoms in total. The van der Waals surface area contributed by atoms with Gasteiger partial charge in [0, 0.05) is 6.54 Å². The number of rotatable bonds is 1. The van der Waals surface area contributed by atoms with Gasteiger partial charge in [-0.2, -0.15) is 0 Å². The SMILES string of the molecule is C=C1CC[C@@H](C(=O)OC(C)(C)C)N(C(=O)OC(C)(C)C)C1. The second kappa shape index (κ2) is 6.08. The Bertz CT molecular complexity index is 429. The molecular formula is C16H27NO4. The van der Waals surface area contributed by atoms with Crippen LogP contribution in [-0.2, 0) is 14.3 Å². The summed E-state index contributed by atoms with van der Waals surface area (Å²) < 4.78 is 10.8. The molecule has 1 atom stereocenters. The quantitative estimate of drug-likeness (QED) is 0.550. The lowest BCUT2D eigenvalue weighted by molar-refractivity contribution is -0.161. The predicted molar refractivity (Wildman–Crippen MR) is 80.9 cm³/mol. The van der Waals surface area contributed by atoms with Gasteiger partial charge < -0.3 is 9.47 Å². The van der Waals surface area contributed by atoms with Crippen LogP contribution in [0.15, 0.2) is 12.2 Å². The van der Waals surface area contributed by atoms with Gasteiger partial charge in [0.25, 0.3) is 0 Å². The Morgan fingerprint density at radius 3 is 2.10 bits per heavy atom. The summed E-state index contributed by atoms with van der Waals surface area (Å²) in [7, 11) is 0. The summed E-state index contributed by atoms with van der Waals surface area (Å²) in [6, 6.07) is -0.607. The summed E-state index contributed by atoms with van der Waals surface area (Å²) in [5, 5.41) is 0. The highest BCUT2D eigenvalue weighted by atomic mass is 16.6. The third-order valence-electron chi connectivity index (χ3n) is 2.85. The van der Waals surface area contributed by atoms with Gasteiger partial charge in [-0.05, 0) is 54.4 Å². The topological polar surface area (TPSA) is 55.8 Å². The van der Waals surface area contributed by atoms with Crippen LogP contribution in [0.25, 0.3) is 0 Å². The van der Waals surface area contributed by atoms with E-state index in [0.717, 1.165) is 5.57 Å². The van der Waals surface area contributed by atoms with Gasteiger partial charge in [0.05, 0.1) is 0 Å². The van der Waals surface area contributed by atoms with Gasteiger partial charge in [-0.1, -0.05) is 12.2 Å². The Hall–Kier alpha value is -1.52. The minimum atomic E-state index is -0.607. The molecule has 1 amide bonds. The number of likely N-dealkylation sites (tertiary alicyclic amines) is 1. The number of hydrogen-bond donors (Lipinski definition) is 0. The van der Waals surface area contributed by atoms with E-state index < -0.39 is 23.3 Å². The molecule has 0 N–H and O–H groups in total. The summed E-state index contributed by atoms with van der Waals surface area (Å²) in [5.74, 6) is -0.388. The number of esters is 1. The van der Waals surface area contributed by atoms with Gasteiger partial charge in [0.2, 0.25) is 0 Å². The first-order valence-corrected chi connectivity index (χ1v) is 7.28. The molecule has 0 aromatic rings. The van der Waals surface area contributed by atoms with Crippen LogP contribution in [0, 0.1) is 0 Å². The number of hydrogen-bond acceptors (Lipinski definition) is 4. The van der Waals surface area contributed by atoms with E-state index in [1.807, 2.05) is 20.8 Å². The second-order valence-electron chi connectivity index (χ2n) is 7.45. The molecule has 1 saturated heterocycles. The number of piperidine rings is 1. The standard InChI is InChI=1S/C16H27NO4/c1-11-8-9-12(13(18)20-15(2,3)4)17(10-11)14(19)21-16(5,6)7/h12H,1,8-10H2,2-7H3/t12-/m0/s1. The average molecular weight is 297 g/mol. The molecule has 0 spiro atoms. The lowest BCUT2D eigenvalue weighted by Gasteiger charge is -2.37. The molecule has 0 aliphatic carbocycles. The summed E-state index contributed by atoms with van der Waals surface area (Å²) in [6.45, 7) is 15.1. The summed E-state index contributed by atoms with van der Waals surface area (Å²) in [4.78, 5) is 26.0. The molecule has 1 rings (SSSR count). The Morgan fingerprint density at radius 1 is 1.10 bits per heavy atom. The largest absolute Gasteiger partial charge is 0.458 e. The lowest BCUT2D eigenvalue weighted by Crippen LogP contribution is -2.51. The number of ether oxygens (including phenoxy) is 2. The fraction of sp³-hybridized carbons (Fsp3) is 0.750. The highest BCUT2D eigenvalue weighted by Gasteiger charge is 2.38. The molecule has 1 aliphatic heterocycles. The molecule has 0 aromatic heterocycles. The van der Waals surface area contributed by atoms with Crippen LogP contribution in [0.3, 0.4) is 0 Å². The summed E-state index contributed by atoms with van der Waals surface area (Å²) in [5.41, 5.74) is -0.264. The van der Waals surface area contributed by atoms with E-state index >= 15 is 0 Å². The van der Waals surface area contributed by atoms with E-state index in [0.29, 0.717) is 19.4 Å². The first-order chi connectivity index (χ1) is 9.39. The van der Waals surface area contributed by atoms with Gasteiger partial charge in [0.15, 0.2) is 0 Å². The number of amides is 1. The number of nitrogens with zero attached hydrogens (tertiary/aromatic N) is 1. The summed E-state index contributed by atoms with van der Waals surface area (Å²) in [6.07, 6.45) is 0.732. The van der Waals surface area contributed by atoms with Crippen molar-refractivity contribution in [2.45, 2.75) is 71.6 Å². The Labute approximate surface area is 127 Å². The molecule has 1 aliphatic rings. The van der Waals surface area contributed by atoms with Crippen molar-refractivity contribution in [3.05, 3.63) is 12.2 Å². The monoisotopic (exact) mass is 297 g/mol. The zero-order valence-electron chi connectivity index (χ0n) is 14.0. The molecule has 0 saturated carbocycles. The van der Waals surface area contributed by atoms with Gasteiger partial charge in [-0.25, -0.2) is 9.59 Å². The van der Waals surface area contributed by atoms with Crippen molar-refractivity contribution in [1.29, 1.82) is 0 Å². The fourth-order valence-corrected chi connectivity index (χ4v) is 2.05. The third kappa shape index (κ3) is 5.78. The average Bonchev–Trinajstić information content (AvgIpc) is 2.23. The van der Waals surface area contributed by atoms with Crippen molar-refractivity contribution in [3.63, 3.8) is 0 Å². The van der Waals surface area contributed by atoms with Crippen molar-refractivity contribution in [2.24, 2.45) is 0 Å². The highest BCUT2D eigenvalue weighted by molar-refractivity contribution is 5.82. The minimum Gasteiger partial charge on any atom is -0.458 e. The Kier molecular flexibility index (Phi) is 5.07. The van der Waals surface area contributed by atoms with Gasteiger partial charge in [-0.15, -0.1) is 0 Å². The van der Waals surface area contributed by atoms with Crippen molar-refractivity contribution in [3.8, 4) is 0 Å².